The molecule has 1 amide bonds. The number of amides is 1. The van der Waals surface area contributed by atoms with E-state index in [9.17, 15) is 9.18 Å². The van der Waals surface area contributed by atoms with Crippen LogP contribution in [0.3, 0.4) is 0 Å². The molecule has 29 heavy (non-hydrogen) atoms. The lowest BCUT2D eigenvalue weighted by atomic mass is 10.2. The third-order valence-corrected chi connectivity index (χ3v) is 5.23. The molecule has 8 heteroatoms. The fourth-order valence-corrected chi connectivity index (χ4v) is 3.37. The second-order valence-corrected chi connectivity index (χ2v) is 7.25. The molecule has 0 unspecified atom stereocenters. The van der Waals surface area contributed by atoms with Crippen molar-refractivity contribution >= 4 is 29.0 Å². The van der Waals surface area contributed by atoms with Gasteiger partial charge in [-0.05, 0) is 54.8 Å². The molecule has 1 aliphatic rings. The van der Waals surface area contributed by atoms with E-state index >= 15 is 0 Å². The molecule has 0 radical (unpaired) electrons. The maximum Gasteiger partial charge on any atom is 0.270 e. The predicted molar refractivity (Wildman–Crippen MR) is 110 cm³/mol. The van der Waals surface area contributed by atoms with Crippen LogP contribution in [0.15, 0.2) is 59.6 Å². The van der Waals surface area contributed by atoms with Crippen LogP contribution in [0.4, 0.5) is 15.8 Å². The summed E-state index contributed by atoms with van der Waals surface area (Å²) in [5, 5.41) is 2.83. The van der Waals surface area contributed by atoms with Gasteiger partial charge in [0.2, 0.25) is 5.88 Å². The minimum absolute atomic E-state index is 0.269. The third-order valence-electron chi connectivity index (χ3n) is 4.52. The zero-order chi connectivity index (χ0) is 20.2. The Morgan fingerprint density at radius 1 is 1.21 bits per heavy atom. The van der Waals surface area contributed by atoms with Crippen LogP contribution in [0.1, 0.15) is 16.2 Å². The van der Waals surface area contributed by atoms with Crippen LogP contribution in [-0.2, 0) is 6.54 Å². The zero-order valence-electron chi connectivity index (χ0n) is 15.8. The third kappa shape index (κ3) is 4.32. The van der Waals surface area contributed by atoms with Crippen LogP contribution >= 0.6 is 11.8 Å². The molecule has 0 fully saturated rings. The number of anilines is 2. The number of nitrogens with zero attached hydrogens (tertiary/aromatic N) is 3. The Morgan fingerprint density at radius 3 is 2.76 bits per heavy atom. The number of ether oxygens (including phenoxy) is 1. The van der Waals surface area contributed by atoms with E-state index in [1.165, 1.54) is 12.1 Å². The predicted octanol–water partition coefficient (Wildman–Crippen LogP) is 3.80. The largest absolute Gasteiger partial charge is 0.474 e. The van der Waals surface area contributed by atoms with Gasteiger partial charge in [0.05, 0.1) is 18.8 Å². The van der Waals surface area contributed by atoms with Gasteiger partial charge in [-0.1, -0.05) is 0 Å². The molecule has 0 aliphatic carbocycles. The molecule has 0 saturated heterocycles. The molecule has 0 saturated carbocycles. The molecular weight excluding hydrogens is 391 g/mol. The highest BCUT2D eigenvalue weighted by atomic mass is 32.2. The first kappa shape index (κ1) is 19.2. The monoisotopic (exact) mass is 410 g/mol. The SMILES string of the molecule is CSc1ccc(CNC(=O)c2ccc3c(n2)OCCN3c2ccc(F)cc2)nc1. The number of pyridine rings is 2. The van der Waals surface area contributed by atoms with Gasteiger partial charge in [0, 0.05) is 16.8 Å². The Balaban J connectivity index is 1.48. The number of hydrogen-bond donors (Lipinski definition) is 1. The number of hydrogen-bond acceptors (Lipinski definition) is 6. The molecule has 6 nitrogen and oxygen atoms in total. The molecule has 0 atom stereocenters. The summed E-state index contributed by atoms with van der Waals surface area (Å²) >= 11 is 1.61. The fourth-order valence-electron chi connectivity index (χ4n) is 3.01. The maximum absolute atomic E-state index is 13.2. The number of rotatable bonds is 5. The van der Waals surface area contributed by atoms with Gasteiger partial charge in [-0.25, -0.2) is 9.37 Å². The first-order valence-electron chi connectivity index (χ1n) is 9.08. The molecular formula is C21H19FN4O2S. The number of thioether (sulfide) groups is 1. The van der Waals surface area contributed by atoms with Gasteiger partial charge in [0.25, 0.3) is 5.91 Å². The topological polar surface area (TPSA) is 67.3 Å². The van der Waals surface area contributed by atoms with Crippen LogP contribution in [0.25, 0.3) is 0 Å². The minimum Gasteiger partial charge on any atom is -0.474 e. The number of benzene rings is 1. The average molecular weight is 410 g/mol. The van der Waals surface area contributed by atoms with Crippen molar-refractivity contribution in [3.63, 3.8) is 0 Å². The molecule has 0 bridgehead atoms. The van der Waals surface area contributed by atoms with Crippen molar-refractivity contribution in [1.82, 2.24) is 15.3 Å². The normalized spacial score (nSPS) is 12.8. The van der Waals surface area contributed by atoms with Crippen molar-refractivity contribution in [2.45, 2.75) is 11.4 Å². The first-order chi connectivity index (χ1) is 14.1. The highest BCUT2D eigenvalue weighted by Gasteiger charge is 2.22. The summed E-state index contributed by atoms with van der Waals surface area (Å²) in [7, 11) is 0. The summed E-state index contributed by atoms with van der Waals surface area (Å²) in [6, 6.07) is 13.6. The Hall–Kier alpha value is -3.13. The minimum atomic E-state index is -0.300. The number of carbonyl (C=O) groups excluding carboxylic acids is 1. The number of aromatic nitrogens is 2. The molecule has 4 rings (SSSR count). The Kier molecular flexibility index (Phi) is 5.62. The summed E-state index contributed by atoms with van der Waals surface area (Å²) in [4.78, 5) is 24.3. The zero-order valence-corrected chi connectivity index (χ0v) is 16.6. The molecule has 3 heterocycles. The highest BCUT2D eigenvalue weighted by Crippen LogP contribution is 2.35. The van der Waals surface area contributed by atoms with Crippen LogP contribution in [-0.4, -0.2) is 35.3 Å². The average Bonchev–Trinajstić information content (AvgIpc) is 2.77. The molecule has 0 spiro atoms. The number of nitrogens with one attached hydrogen (secondary N) is 1. The summed E-state index contributed by atoms with van der Waals surface area (Å²) in [6.45, 7) is 1.35. The smallest absolute Gasteiger partial charge is 0.270 e. The fraction of sp³-hybridized carbons (Fsp3) is 0.190. The van der Waals surface area contributed by atoms with Crippen molar-refractivity contribution in [1.29, 1.82) is 0 Å². The van der Waals surface area contributed by atoms with Gasteiger partial charge in [0.15, 0.2) is 0 Å². The molecule has 148 valence electrons. The summed E-state index contributed by atoms with van der Waals surface area (Å²) < 4.78 is 18.9. The van der Waals surface area contributed by atoms with E-state index in [0.29, 0.717) is 25.6 Å². The lowest BCUT2D eigenvalue weighted by Crippen LogP contribution is -2.30. The lowest BCUT2D eigenvalue weighted by molar-refractivity contribution is 0.0944. The van der Waals surface area contributed by atoms with Gasteiger partial charge in [0.1, 0.15) is 23.8 Å². The van der Waals surface area contributed by atoms with Gasteiger partial charge in [-0.3, -0.25) is 9.78 Å². The Labute approximate surface area is 172 Å². The quantitative estimate of drug-likeness (QED) is 0.646. The number of fused-ring (bicyclic) bond motifs is 1. The van der Waals surface area contributed by atoms with Crippen LogP contribution in [0.2, 0.25) is 0 Å². The Bertz CT molecular complexity index is 1010. The Morgan fingerprint density at radius 2 is 2.03 bits per heavy atom. The van der Waals surface area contributed by atoms with E-state index in [1.807, 2.05) is 23.3 Å². The van der Waals surface area contributed by atoms with Crippen LogP contribution < -0.4 is 15.0 Å². The molecule has 1 aliphatic heterocycles. The van der Waals surface area contributed by atoms with E-state index in [4.69, 9.17) is 4.74 Å². The van der Waals surface area contributed by atoms with Crippen molar-refractivity contribution in [2.75, 3.05) is 24.3 Å². The molecule has 3 aromatic rings. The summed E-state index contributed by atoms with van der Waals surface area (Å²) in [5.41, 5.74) is 2.63. The van der Waals surface area contributed by atoms with E-state index in [0.717, 1.165) is 22.0 Å². The van der Waals surface area contributed by atoms with Gasteiger partial charge < -0.3 is 15.0 Å². The molecule has 2 aromatic heterocycles. The van der Waals surface area contributed by atoms with E-state index in [-0.39, 0.29) is 17.4 Å². The molecule has 1 N–H and O–H groups in total. The van der Waals surface area contributed by atoms with Gasteiger partial charge >= 0.3 is 0 Å². The molecule has 1 aromatic carbocycles. The lowest BCUT2D eigenvalue weighted by Gasteiger charge is -2.30. The van der Waals surface area contributed by atoms with Crippen LogP contribution in [0, 0.1) is 5.82 Å². The van der Waals surface area contributed by atoms with Crippen molar-refractivity contribution < 1.29 is 13.9 Å². The van der Waals surface area contributed by atoms with E-state index < -0.39 is 0 Å². The van der Waals surface area contributed by atoms with Gasteiger partial charge in [-0.15, -0.1) is 11.8 Å². The summed E-state index contributed by atoms with van der Waals surface area (Å²) in [5.74, 6) is -0.202. The second kappa shape index (κ2) is 8.48. The van der Waals surface area contributed by atoms with Crippen molar-refractivity contribution in [3.05, 3.63) is 71.9 Å². The van der Waals surface area contributed by atoms with E-state index in [1.54, 1.807) is 42.2 Å². The highest BCUT2D eigenvalue weighted by molar-refractivity contribution is 7.98. The van der Waals surface area contributed by atoms with Crippen molar-refractivity contribution in [3.8, 4) is 5.88 Å². The summed E-state index contributed by atoms with van der Waals surface area (Å²) in [6.07, 6.45) is 3.76. The first-order valence-corrected chi connectivity index (χ1v) is 10.3. The standard InChI is InChI=1S/C21H19FN4O2S/c1-29-17-7-4-15(23-13-17)12-24-20(27)18-8-9-19-21(25-18)28-11-10-26(19)16-5-2-14(22)3-6-16/h2-9,13H,10-12H2,1H3,(H,24,27). The van der Waals surface area contributed by atoms with E-state index in [2.05, 4.69) is 15.3 Å². The van der Waals surface area contributed by atoms with Crippen LogP contribution in [0.5, 0.6) is 5.88 Å². The maximum atomic E-state index is 13.2. The van der Waals surface area contributed by atoms with Crippen molar-refractivity contribution in [2.24, 2.45) is 0 Å². The van der Waals surface area contributed by atoms with Gasteiger partial charge in [-0.2, -0.15) is 0 Å². The second-order valence-electron chi connectivity index (χ2n) is 6.37. The number of halogens is 1. The number of carbonyl (C=O) groups is 1.